The van der Waals surface area contributed by atoms with Gasteiger partial charge >= 0.3 is 0 Å². The van der Waals surface area contributed by atoms with Gasteiger partial charge in [0.25, 0.3) is 0 Å². The Morgan fingerprint density at radius 3 is 2.17 bits per heavy atom. The van der Waals surface area contributed by atoms with E-state index in [0.29, 0.717) is 33.5 Å². The average molecular weight is 434 g/mol. The van der Waals surface area contributed by atoms with E-state index in [1.54, 1.807) is 18.2 Å². The molecule has 1 N–H and O–H groups in total. The van der Waals surface area contributed by atoms with Crippen LogP contribution in [0.15, 0.2) is 36.4 Å². The molecule has 0 radical (unpaired) electrons. The van der Waals surface area contributed by atoms with Crippen LogP contribution in [0.4, 0.5) is 0 Å². The van der Waals surface area contributed by atoms with E-state index in [9.17, 15) is 4.79 Å². The minimum atomic E-state index is -0.0572. The fourth-order valence-corrected chi connectivity index (χ4v) is 4.03. The summed E-state index contributed by atoms with van der Waals surface area (Å²) < 4.78 is 0. The highest BCUT2D eigenvalue weighted by Crippen LogP contribution is 2.28. The highest BCUT2D eigenvalue weighted by atomic mass is 35.5. The van der Waals surface area contributed by atoms with E-state index in [4.69, 9.17) is 23.2 Å². The first kappa shape index (κ1) is 23.8. The molecule has 0 bridgehead atoms. The van der Waals surface area contributed by atoms with Crippen molar-refractivity contribution in [3.8, 4) is 0 Å². The molecule has 0 aliphatic carbocycles. The zero-order valence-corrected chi connectivity index (χ0v) is 19.8. The lowest BCUT2D eigenvalue weighted by atomic mass is 9.84. The Labute approximate surface area is 186 Å². The summed E-state index contributed by atoms with van der Waals surface area (Å²) in [6.45, 7) is 11.9. The van der Waals surface area contributed by atoms with Gasteiger partial charge in [0, 0.05) is 16.6 Å². The molecule has 2 rings (SSSR count). The number of nitrogens with one attached hydrogen (secondary N) is 1. The summed E-state index contributed by atoms with van der Waals surface area (Å²) in [6.07, 6.45) is 3.22. The Morgan fingerprint density at radius 2 is 1.59 bits per heavy atom. The van der Waals surface area contributed by atoms with Gasteiger partial charge in [-0.3, -0.25) is 4.79 Å². The van der Waals surface area contributed by atoms with Crippen molar-refractivity contribution in [3.05, 3.63) is 68.7 Å². The Bertz CT molecular complexity index is 817. The molecule has 0 aliphatic heterocycles. The standard InChI is InChI=1S/C25H33Cl2NO/c1-17(2)19-9-6-8-18(12-14-25(3,4)5)20(19)13-15-28-24(29)16-21-22(26)10-7-11-23(21)27/h6-11,17H,12-16H2,1-5H3,(H,28,29). The third kappa shape index (κ3) is 7.35. The first-order valence-electron chi connectivity index (χ1n) is 10.4. The van der Waals surface area contributed by atoms with Gasteiger partial charge in [-0.15, -0.1) is 0 Å². The Kier molecular flexibility index (Phi) is 8.60. The van der Waals surface area contributed by atoms with Gasteiger partial charge in [-0.1, -0.05) is 82.1 Å². The molecule has 2 aromatic rings. The van der Waals surface area contributed by atoms with Gasteiger partial charge in [-0.2, -0.15) is 0 Å². The van der Waals surface area contributed by atoms with Crippen LogP contribution in [0.1, 0.15) is 69.2 Å². The molecule has 0 spiro atoms. The van der Waals surface area contributed by atoms with Crippen LogP contribution in [0.25, 0.3) is 0 Å². The van der Waals surface area contributed by atoms with Crippen LogP contribution in [0.2, 0.25) is 10.0 Å². The van der Waals surface area contributed by atoms with Crippen molar-refractivity contribution in [1.82, 2.24) is 5.32 Å². The van der Waals surface area contributed by atoms with Gasteiger partial charge in [0.15, 0.2) is 0 Å². The van der Waals surface area contributed by atoms with Crippen molar-refractivity contribution in [2.24, 2.45) is 5.41 Å². The molecule has 0 heterocycles. The van der Waals surface area contributed by atoms with Crippen LogP contribution >= 0.6 is 23.2 Å². The van der Waals surface area contributed by atoms with E-state index < -0.39 is 0 Å². The zero-order valence-electron chi connectivity index (χ0n) is 18.2. The summed E-state index contributed by atoms with van der Waals surface area (Å²) >= 11 is 12.4. The predicted octanol–water partition coefficient (Wildman–Crippen LogP) is 7.00. The van der Waals surface area contributed by atoms with E-state index in [1.807, 2.05) is 0 Å². The molecule has 158 valence electrons. The minimum absolute atomic E-state index is 0.0572. The maximum Gasteiger partial charge on any atom is 0.224 e. The van der Waals surface area contributed by atoms with Crippen LogP contribution in [0, 0.1) is 5.41 Å². The van der Waals surface area contributed by atoms with Crippen LogP contribution in [-0.2, 0) is 24.1 Å². The van der Waals surface area contributed by atoms with E-state index in [2.05, 4.69) is 58.1 Å². The molecule has 29 heavy (non-hydrogen) atoms. The molecule has 1 amide bonds. The number of rotatable bonds is 8. The molecule has 0 aromatic heterocycles. The second kappa shape index (κ2) is 10.5. The van der Waals surface area contributed by atoms with Gasteiger partial charge in [0.1, 0.15) is 0 Å². The normalized spacial score (nSPS) is 11.7. The summed E-state index contributed by atoms with van der Waals surface area (Å²) in [4.78, 5) is 12.4. The minimum Gasteiger partial charge on any atom is -0.355 e. The lowest BCUT2D eigenvalue weighted by Crippen LogP contribution is -2.28. The van der Waals surface area contributed by atoms with Crippen molar-refractivity contribution in [2.45, 2.75) is 66.2 Å². The molecule has 2 aromatic carbocycles. The molecule has 0 saturated carbocycles. The summed E-state index contributed by atoms with van der Waals surface area (Å²) in [6, 6.07) is 11.9. The molecule has 0 fully saturated rings. The van der Waals surface area contributed by atoms with Crippen LogP contribution in [0.3, 0.4) is 0 Å². The van der Waals surface area contributed by atoms with Crippen molar-refractivity contribution in [1.29, 1.82) is 0 Å². The monoisotopic (exact) mass is 433 g/mol. The summed E-state index contributed by atoms with van der Waals surface area (Å²) in [5, 5.41) is 4.10. The van der Waals surface area contributed by atoms with Gasteiger partial charge in [0.2, 0.25) is 5.91 Å². The maximum atomic E-state index is 12.4. The van der Waals surface area contributed by atoms with Crippen LogP contribution in [0.5, 0.6) is 0 Å². The van der Waals surface area contributed by atoms with Crippen molar-refractivity contribution >= 4 is 29.1 Å². The molecular weight excluding hydrogens is 401 g/mol. The quantitative estimate of drug-likeness (QED) is 0.476. The van der Waals surface area contributed by atoms with E-state index in [0.717, 1.165) is 19.3 Å². The Balaban J connectivity index is 2.06. The first-order valence-corrected chi connectivity index (χ1v) is 11.1. The lowest BCUT2D eigenvalue weighted by Gasteiger charge is -2.22. The number of hydrogen-bond acceptors (Lipinski definition) is 1. The largest absolute Gasteiger partial charge is 0.355 e. The fraction of sp³-hybridized carbons (Fsp3) is 0.480. The average Bonchev–Trinajstić information content (AvgIpc) is 2.63. The summed E-state index contributed by atoms with van der Waals surface area (Å²) in [5.41, 5.74) is 5.13. The van der Waals surface area contributed by atoms with Gasteiger partial charge < -0.3 is 5.32 Å². The van der Waals surface area contributed by atoms with E-state index >= 15 is 0 Å². The number of benzene rings is 2. The van der Waals surface area contributed by atoms with Crippen molar-refractivity contribution in [3.63, 3.8) is 0 Å². The fourth-order valence-electron chi connectivity index (χ4n) is 3.50. The second-order valence-electron chi connectivity index (χ2n) is 9.18. The third-order valence-electron chi connectivity index (χ3n) is 5.17. The number of carbonyl (C=O) groups is 1. The maximum absolute atomic E-state index is 12.4. The van der Waals surface area contributed by atoms with E-state index in [-0.39, 0.29) is 12.3 Å². The molecule has 4 heteroatoms. The van der Waals surface area contributed by atoms with Gasteiger partial charge in [-0.05, 0) is 65.0 Å². The SMILES string of the molecule is CC(C)c1cccc(CCC(C)(C)C)c1CCNC(=O)Cc1c(Cl)cccc1Cl. The summed E-state index contributed by atoms with van der Waals surface area (Å²) in [5.74, 6) is 0.399. The lowest BCUT2D eigenvalue weighted by molar-refractivity contribution is -0.120. The molecule has 0 atom stereocenters. The Hall–Kier alpha value is -1.51. The molecule has 0 aliphatic rings. The van der Waals surface area contributed by atoms with E-state index in [1.165, 1.54) is 16.7 Å². The number of halogens is 2. The highest BCUT2D eigenvalue weighted by Gasteiger charge is 2.16. The molecule has 0 saturated heterocycles. The second-order valence-corrected chi connectivity index (χ2v) is 9.99. The summed E-state index contributed by atoms with van der Waals surface area (Å²) in [7, 11) is 0. The van der Waals surface area contributed by atoms with Crippen LogP contribution < -0.4 is 5.32 Å². The Morgan fingerprint density at radius 1 is 0.966 bits per heavy atom. The smallest absolute Gasteiger partial charge is 0.224 e. The highest BCUT2D eigenvalue weighted by molar-refractivity contribution is 6.36. The molecule has 0 unspecified atom stereocenters. The van der Waals surface area contributed by atoms with Crippen LogP contribution in [-0.4, -0.2) is 12.5 Å². The molecule has 2 nitrogen and oxygen atoms in total. The topological polar surface area (TPSA) is 29.1 Å². The third-order valence-corrected chi connectivity index (χ3v) is 5.88. The van der Waals surface area contributed by atoms with Crippen molar-refractivity contribution < 1.29 is 4.79 Å². The number of hydrogen-bond donors (Lipinski definition) is 1. The number of amides is 1. The number of aryl methyl sites for hydroxylation is 1. The van der Waals surface area contributed by atoms with Gasteiger partial charge in [-0.25, -0.2) is 0 Å². The number of carbonyl (C=O) groups excluding carboxylic acids is 1. The van der Waals surface area contributed by atoms with Gasteiger partial charge in [0.05, 0.1) is 6.42 Å². The predicted molar refractivity (Wildman–Crippen MR) is 125 cm³/mol. The zero-order chi connectivity index (χ0) is 21.6. The first-order chi connectivity index (χ1) is 13.6. The van der Waals surface area contributed by atoms with Crippen molar-refractivity contribution in [2.75, 3.05) is 6.54 Å². The molecular formula is C25H33Cl2NO.